The predicted molar refractivity (Wildman–Crippen MR) is 92.5 cm³/mol. The van der Waals surface area contributed by atoms with Crippen molar-refractivity contribution < 1.29 is 9.90 Å². The standard InChI is InChI=1S/C18H27NO2S/c1-3-4-7-16(14-9-11-15(22-2)12-10-14)19-13-6-5-8-17(19)18(20)21/h9-12,16-17H,3-8,13H2,1-2H3,(H,20,21). The van der Waals surface area contributed by atoms with Crippen LogP contribution in [0.3, 0.4) is 0 Å². The van der Waals surface area contributed by atoms with Gasteiger partial charge in [0.2, 0.25) is 0 Å². The highest BCUT2D eigenvalue weighted by molar-refractivity contribution is 7.98. The SMILES string of the molecule is CCCCC(c1ccc(SC)cc1)N1CCCCC1C(=O)O. The Bertz CT molecular complexity index is 474. The van der Waals surface area contributed by atoms with E-state index in [1.165, 1.54) is 10.5 Å². The Morgan fingerprint density at radius 3 is 2.68 bits per heavy atom. The normalized spacial score (nSPS) is 20.7. The fourth-order valence-electron chi connectivity index (χ4n) is 3.34. The first kappa shape index (κ1) is 17.4. The van der Waals surface area contributed by atoms with Crippen LogP contribution in [-0.2, 0) is 4.79 Å². The van der Waals surface area contributed by atoms with Gasteiger partial charge in [-0.3, -0.25) is 9.69 Å². The molecule has 3 nitrogen and oxygen atoms in total. The average Bonchev–Trinajstić information content (AvgIpc) is 2.56. The molecule has 122 valence electrons. The van der Waals surface area contributed by atoms with Gasteiger partial charge in [-0.25, -0.2) is 0 Å². The van der Waals surface area contributed by atoms with Crippen LogP contribution >= 0.6 is 11.8 Å². The van der Waals surface area contributed by atoms with E-state index in [-0.39, 0.29) is 12.1 Å². The lowest BCUT2D eigenvalue weighted by Gasteiger charge is -2.39. The Morgan fingerprint density at radius 2 is 2.09 bits per heavy atom. The summed E-state index contributed by atoms with van der Waals surface area (Å²) in [6.07, 6.45) is 8.31. The van der Waals surface area contributed by atoms with Crippen LogP contribution < -0.4 is 0 Å². The summed E-state index contributed by atoms with van der Waals surface area (Å²) in [7, 11) is 0. The molecule has 4 heteroatoms. The zero-order valence-corrected chi connectivity index (χ0v) is 14.4. The van der Waals surface area contributed by atoms with Gasteiger partial charge in [-0.2, -0.15) is 0 Å². The van der Waals surface area contributed by atoms with E-state index in [0.717, 1.165) is 45.1 Å². The summed E-state index contributed by atoms with van der Waals surface area (Å²) < 4.78 is 0. The number of benzene rings is 1. The molecule has 1 aromatic carbocycles. The third kappa shape index (κ3) is 4.26. The van der Waals surface area contributed by atoms with Crippen LogP contribution in [0.2, 0.25) is 0 Å². The Labute approximate surface area is 138 Å². The molecule has 2 atom stereocenters. The summed E-state index contributed by atoms with van der Waals surface area (Å²) in [5, 5.41) is 9.57. The first-order valence-electron chi connectivity index (χ1n) is 8.30. The van der Waals surface area contributed by atoms with Crippen molar-refractivity contribution in [1.29, 1.82) is 0 Å². The smallest absolute Gasteiger partial charge is 0.320 e. The molecule has 1 aromatic rings. The van der Waals surface area contributed by atoms with Gasteiger partial charge in [0.25, 0.3) is 0 Å². The number of likely N-dealkylation sites (tertiary alicyclic amines) is 1. The van der Waals surface area contributed by atoms with Gasteiger partial charge in [0, 0.05) is 10.9 Å². The Morgan fingerprint density at radius 1 is 1.36 bits per heavy atom. The first-order valence-corrected chi connectivity index (χ1v) is 9.52. The van der Waals surface area contributed by atoms with Crippen molar-refractivity contribution in [2.45, 2.75) is 62.4 Å². The third-order valence-electron chi connectivity index (χ3n) is 4.56. The van der Waals surface area contributed by atoms with Gasteiger partial charge < -0.3 is 5.11 Å². The molecule has 1 fully saturated rings. The number of hydrogen-bond acceptors (Lipinski definition) is 3. The monoisotopic (exact) mass is 321 g/mol. The molecule has 0 amide bonds. The molecule has 22 heavy (non-hydrogen) atoms. The lowest BCUT2D eigenvalue weighted by atomic mass is 9.93. The molecule has 2 rings (SSSR count). The van der Waals surface area contributed by atoms with Crippen LogP contribution in [0.1, 0.15) is 57.1 Å². The summed E-state index contributed by atoms with van der Waals surface area (Å²) in [6, 6.07) is 8.57. The van der Waals surface area contributed by atoms with Crippen LogP contribution in [0, 0.1) is 0 Å². The molecule has 2 unspecified atom stereocenters. The molecule has 0 radical (unpaired) electrons. The maximum atomic E-state index is 11.6. The van der Waals surface area contributed by atoms with E-state index in [9.17, 15) is 9.90 Å². The second-order valence-electron chi connectivity index (χ2n) is 6.02. The second kappa shape index (κ2) is 8.59. The van der Waals surface area contributed by atoms with Crippen molar-refractivity contribution in [2.75, 3.05) is 12.8 Å². The van der Waals surface area contributed by atoms with E-state index in [0.29, 0.717) is 0 Å². The Balaban J connectivity index is 2.24. The van der Waals surface area contributed by atoms with Gasteiger partial charge >= 0.3 is 5.97 Å². The molecule has 0 spiro atoms. The minimum Gasteiger partial charge on any atom is -0.480 e. The maximum Gasteiger partial charge on any atom is 0.320 e. The summed E-state index contributed by atoms with van der Waals surface area (Å²) in [6.45, 7) is 3.09. The minimum absolute atomic E-state index is 0.234. The molecule has 0 saturated carbocycles. The molecule has 1 N–H and O–H groups in total. The van der Waals surface area contributed by atoms with Crippen molar-refractivity contribution in [2.24, 2.45) is 0 Å². The van der Waals surface area contributed by atoms with Gasteiger partial charge in [0.1, 0.15) is 6.04 Å². The van der Waals surface area contributed by atoms with Crippen molar-refractivity contribution in [3.8, 4) is 0 Å². The third-order valence-corrected chi connectivity index (χ3v) is 5.30. The predicted octanol–water partition coefficient (Wildman–Crippen LogP) is 4.58. The van der Waals surface area contributed by atoms with Crippen LogP contribution in [0.5, 0.6) is 0 Å². The van der Waals surface area contributed by atoms with Crippen molar-refractivity contribution in [3.63, 3.8) is 0 Å². The Hall–Kier alpha value is -1.00. The molecule has 0 bridgehead atoms. The number of aliphatic carboxylic acids is 1. The van der Waals surface area contributed by atoms with Gasteiger partial charge in [-0.15, -0.1) is 11.8 Å². The van der Waals surface area contributed by atoms with Crippen LogP contribution in [0.25, 0.3) is 0 Å². The number of rotatable bonds is 7. The second-order valence-corrected chi connectivity index (χ2v) is 6.90. The number of unbranched alkanes of at least 4 members (excludes halogenated alkanes) is 1. The molecular formula is C18H27NO2S. The summed E-state index contributed by atoms with van der Waals surface area (Å²) in [4.78, 5) is 15.1. The fraction of sp³-hybridized carbons (Fsp3) is 0.611. The summed E-state index contributed by atoms with van der Waals surface area (Å²) in [5.74, 6) is -0.665. The van der Waals surface area contributed by atoms with Gasteiger partial charge in [-0.05, 0) is 49.8 Å². The van der Waals surface area contributed by atoms with E-state index >= 15 is 0 Å². The highest BCUT2D eigenvalue weighted by Gasteiger charge is 2.33. The fourth-order valence-corrected chi connectivity index (χ4v) is 3.75. The highest BCUT2D eigenvalue weighted by atomic mass is 32.2. The number of carboxylic acids is 1. The average molecular weight is 321 g/mol. The van der Waals surface area contributed by atoms with E-state index in [2.05, 4.69) is 42.3 Å². The molecule has 0 aromatic heterocycles. The first-order chi connectivity index (χ1) is 10.7. The zero-order valence-electron chi connectivity index (χ0n) is 13.6. The van der Waals surface area contributed by atoms with Crippen LogP contribution in [-0.4, -0.2) is 34.8 Å². The molecule has 0 aliphatic carbocycles. The minimum atomic E-state index is -0.665. The van der Waals surface area contributed by atoms with E-state index in [4.69, 9.17) is 0 Å². The molecular weight excluding hydrogens is 294 g/mol. The van der Waals surface area contributed by atoms with Gasteiger partial charge in [0.05, 0.1) is 0 Å². The van der Waals surface area contributed by atoms with E-state index in [1.807, 2.05) is 0 Å². The number of thioether (sulfide) groups is 1. The largest absolute Gasteiger partial charge is 0.480 e. The van der Waals surface area contributed by atoms with Crippen molar-refractivity contribution in [3.05, 3.63) is 29.8 Å². The maximum absolute atomic E-state index is 11.6. The lowest BCUT2D eigenvalue weighted by molar-refractivity contribution is -0.146. The molecule has 1 saturated heterocycles. The number of hydrogen-bond donors (Lipinski definition) is 1. The van der Waals surface area contributed by atoms with Crippen molar-refractivity contribution in [1.82, 2.24) is 4.90 Å². The number of carboxylic acid groups (broad SMARTS) is 1. The number of piperidine rings is 1. The lowest BCUT2D eigenvalue weighted by Crippen LogP contribution is -2.46. The number of carbonyl (C=O) groups is 1. The summed E-state index contributed by atoms with van der Waals surface area (Å²) >= 11 is 1.74. The molecule has 1 aliphatic rings. The van der Waals surface area contributed by atoms with Gasteiger partial charge in [-0.1, -0.05) is 38.3 Å². The Kier molecular flexibility index (Phi) is 6.77. The van der Waals surface area contributed by atoms with Crippen LogP contribution in [0.4, 0.5) is 0 Å². The highest BCUT2D eigenvalue weighted by Crippen LogP contribution is 2.33. The molecule has 1 aliphatic heterocycles. The molecule has 1 heterocycles. The van der Waals surface area contributed by atoms with E-state index in [1.54, 1.807) is 11.8 Å². The topological polar surface area (TPSA) is 40.5 Å². The summed E-state index contributed by atoms with van der Waals surface area (Å²) in [5.41, 5.74) is 1.26. The van der Waals surface area contributed by atoms with E-state index < -0.39 is 5.97 Å². The number of nitrogens with zero attached hydrogens (tertiary/aromatic N) is 1. The van der Waals surface area contributed by atoms with Gasteiger partial charge in [0.15, 0.2) is 0 Å². The van der Waals surface area contributed by atoms with Crippen molar-refractivity contribution >= 4 is 17.7 Å². The quantitative estimate of drug-likeness (QED) is 0.746. The zero-order chi connectivity index (χ0) is 15.9. The van der Waals surface area contributed by atoms with Crippen LogP contribution in [0.15, 0.2) is 29.2 Å².